The average molecular weight is 292 g/mol. The van der Waals surface area contributed by atoms with Crippen molar-refractivity contribution in [2.24, 2.45) is 0 Å². The normalized spacial score (nSPS) is 21.9. The first-order valence-corrected chi connectivity index (χ1v) is 8.58. The molecule has 0 radical (unpaired) electrons. The number of thioether (sulfide) groups is 1. The molecule has 110 valence electrons. The first kappa shape index (κ1) is 14.0. The van der Waals surface area contributed by atoms with Crippen LogP contribution in [0.4, 0.5) is 11.6 Å². The van der Waals surface area contributed by atoms with Crippen LogP contribution in [0, 0.1) is 0 Å². The van der Waals surface area contributed by atoms with Gasteiger partial charge in [-0.1, -0.05) is 0 Å². The Morgan fingerprint density at radius 3 is 2.85 bits per heavy atom. The van der Waals surface area contributed by atoms with Crippen LogP contribution in [0.25, 0.3) is 0 Å². The Hall–Kier alpha value is -0.970. The highest BCUT2D eigenvalue weighted by Gasteiger charge is 2.31. The minimum absolute atomic E-state index is 0.307. The summed E-state index contributed by atoms with van der Waals surface area (Å²) in [6.45, 7) is 9.79. The molecule has 1 saturated carbocycles. The summed E-state index contributed by atoms with van der Waals surface area (Å²) in [6.07, 6.45) is 2.49. The topological polar surface area (TPSA) is 41.0 Å². The van der Waals surface area contributed by atoms with Crippen molar-refractivity contribution in [1.29, 1.82) is 0 Å². The quantitative estimate of drug-likeness (QED) is 0.923. The maximum Gasteiger partial charge on any atom is 0.136 e. The summed E-state index contributed by atoms with van der Waals surface area (Å²) in [4.78, 5) is 11.9. The van der Waals surface area contributed by atoms with Crippen molar-refractivity contribution in [1.82, 2.24) is 9.97 Å². The third-order valence-electron chi connectivity index (χ3n) is 3.78. The van der Waals surface area contributed by atoms with Crippen LogP contribution >= 0.6 is 11.8 Å². The molecule has 0 spiro atoms. The van der Waals surface area contributed by atoms with Crippen LogP contribution in [-0.4, -0.2) is 40.1 Å². The molecule has 1 aromatic rings. The zero-order valence-electron chi connectivity index (χ0n) is 12.6. The minimum atomic E-state index is 0.307. The van der Waals surface area contributed by atoms with Crippen molar-refractivity contribution in [2.75, 3.05) is 35.6 Å². The molecule has 3 rings (SSSR count). The van der Waals surface area contributed by atoms with E-state index in [1.807, 2.05) is 0 Å². The molecule has 0 atom stereocenters. The molecule has 5 heteroatoms. The standard InChI is InChI=1S/C15H24N4S/c1-4-16-12-9-13(18-14(17-12)11-5-6-11)19-7-8-20-15(2,3)10-19/h9,11H,4-8,10H2,1-3H3,(H,16,17,18). The lowest BCUT2D eigenvalue weighted by Gasteiger charge is -2.38. The van der Waals surface area contributed by atoms with E-state index in [1.165, 1.54) is 18.6 Å². The lowest BCUT2D eigenvalue weighted by molar-refractivity contribution is 0.640. The van der Waals surface area contributed by atoms with Crippen LogP contribution in [0.2, 0.25) is 0 Å². The summed E-state index contributed by atoms with van der Waals surface area (Å²) in [7, 11) is 0. The number of rotatable bonds is 4. The van der Waals surface area contributed by atoms with E-state index >= 15 is 0 Å². The van der Waals surface area contributed by atoms with E-state index in [0.717, 1.165) is 37.1 Å². The number of aromatic nitrogens is 2. The molecular formula is C15H24N4S. The minimum Gasteiger partial charge on any atom is -0.370 e. The van der Waals surface area contributed by atoms with Gasteiger partial charge in [-0.3, -0.25) is 0 Å². The summed E-state index contributed by atoms with van der Waals surface area (Å²) in [5.41, 5.74) is 0. The highest BCUT2D eigenvalue weighted by Crippen LogP contribution is 2.39. The van der Waals surface area contributed by atoms with E-state index in [0.29, 0.717) is 10.7 Å². The summed E-state index contributed by atoms with van der Waals surface area (Å²) in [5, 5.41) is 3.35. The second-order valence-corrected chi connectivity index (χ2v) is 8.11. The SMILES string of the molecule is CCNc1cc(N2CCSC(C)(C)C2)nc(C2CC2)n1. The molecule has 2 aliphatic rings. The van der Waals surface area contributed by atoms with Crippen LogP contribution in [0.15, 0.2) is 6.07 Å². The van der Waals surface area contributed by atoms with Crippen molar-refractivity contribution >= 4 is 23.4 Å². The Labute approximate surface area is 125 Å². The Morgan fingerprint density at radius 2 is 2.20 bits per heavy atom. The number of nitrogens with one attached hydrogen (secondary N) is 1. The lowest BCUT2D eigenvalue weighted by atomic mass is 10.2. The molecule has 0 amide bonds. The zero-order chi connectivity index (χ0) is 14.2. The zero-order valence-corrected chi connectivity index (χ0v) is 13.5. The van der Waals surface area contributed by atoms with Crippen molar-refractivity contribution in [3.63, 3.8) is 0 Å². The van der Waals surface area contributed by atoms with E-state index in [2.05, 4.69) is 53.8 Å². The highest BCUT2D eigenvalue weighted by atomic mass is 32.2. The molecule has 1 aliphatic carbocycles. The van der Waals surface area contributed by atoms with Gasteiger partial charge in [-0.05, 0) is 33.6 Å². The van der Waals surface area contributed by atoms with E-state index in [4.69, 9.17) is 4.98 Å². The van der Waals surface area contributed by atoms with E-state index < -0.39 is 0 Å². The monoisotopic (exact) mass is 292 g/mol. The molecule has 20 heavy (non-hydrogen) atoms. The molecule has 1 aromatic heterocycles. The molecule has 2 heterocycles. The number of anilines is 2. The number of hydrogen-bond acceptors (Lipinski definition) is 5. The van der Waals surface area contributed by atoms with Gasteiger partial charge >= 0.3 is 0 Å². The van der Waals surface area contributed by atoms with Gasteiger partial charge in [0.05, 0.1) is 0 Å². The highest BCUT2D eigenvalue weighted by molar-refractivity contribution is 8.00. The van der Waals surface area contributed by atoms with Gasteiger partial charge in [0.25, 0.3) is 0 Å². The average Bonchev–Trinajstić information content (AvgIpc) is 3.22. The maximum atomic E-state index is 4.83. The van der Waals surface area contributed by atoms with Gasteiger partial charge < -0.3 is 10.2 Å². The number of nitrogens with zero attached hydrogens (tertiary/aromatic N) is 3. The van der Waals surface area contributed by atoms with Gasteiger partial charge in [0.1, 0.15) is 17.5 Å². The van der Waals surface area contributed by atoms with Gasteiger partial charge in [0.15, 0.2) is 0 Å². The molecule has 2 fully saturated rings. The van der Waals surface area contributed by atoms with Gasteiger partial charge in [0.2, 0.25) is 0 Å². The largest absolute Gasteiger partial charge is 0.370 e. The predicted octanol–water partition coefficient (Wildman–Crippen LogP) is 3.12. The molecule has 1 saturated heterocycles. The molecule has 0 bridgehead atoms. The van der Waals surface area contributed by atoms with E-state index in [-0.39, 0.29) is 0 Å². The van der Waals surface area contributed by atoms with Gasteiger partial charge in [-0.15, -0.1) is 0 Å². The van der Waals surface area contributed by atoms with Crippen LogP contribution < -0.4 is 10.2 Å². The predicted molar refractivity (Wildman–Crippen MR) is 86.9 cm³/mol. The van der Waals surface area contributed by atoms with Crippen LogP contribution in [0.5, 0.6) is 0 Å². The third-order valence-corrected chi connectivity index (χ3v) is 5.08. The van der Waals surface area contributed by atoms with Crippen molar-refractivity contribution in [3.8, 4) is 0 Å². The fourth-order valence-corrected chi connectivity index (χ4v) is 3.73. The fourth-order valence-electron chi connectivity index (χ4n) is 2.62. The Morgan fingerprint density at radius 1 is 1.40 bits per heavy atom. The van der Waals surface area contributed by atoms with Crippen molar-refractivity contribution in [2.45, 2.75) is 44.3 Å². The summed E-state index contributed by atoms with van der Waals surface area (Å²) < 4.78 is 0.307. The molecule has 1 N–H and O–H groups in total. The summed E-state index contributed by atoms with van der Waals surface area (Å²) in [5.74, 6) is 4.89. The van der Waals surface area contributed by atoms with Crippen LogP contribution in [0.3, 0.4) is 0 Å². The molecule has 0 unspecified atom stereocenters. The van der Waals surface area contributed by atoms with Crippen molar-refractivity contribution in [3.05, 3.63) is 11.9 Å². The Balaban J connectivity index is 1.87. The summed E-state index contributed by atoms with van der Waals surface area (Å²) in [6, 6.07) is 2.11. The van der Waals surface area contributed by atoms with E-state index in [1.54, 1.807) is 0 Å². The smallest absolute Gasteiger partial charge is 0.136 e. The van der Waals surface area contributed by atoms with Gasteiger partial charge in [-0.2, -0.15) is 11.8 Å². The molecule has 0 aromatic carbocycles. The van der Waals surface area contributed by atoms with Gasteiger partial charge in [-0.25, -0.2) is 9.97 Å². The molecule has 4 nitrogen and oxygen atoms in total. The number of hydrogen-bond donors (Lipinski definition) is 1. The van der Waals surface area contributed by atoms with E-state index in [9.17, 15) is 0 Å². The lowest BCUT2D eigenvalue weighted by Crippen LogP contribution is -2.43. The Kier molecular flexibility index (Phi) is 3.80. The van der Waals surface area contributed by atoms with Crippen molar-refractivity contribution < 1.29 is 0 Å². The summed E-state index contributed by atoms with van der Waals surface area (Å²) >= 11 is 2.06. The van der Waals surface area contributed by atoms with Gasteiger partial charge in [0, 0.05) is 42.1 Å². The van der Waals surface area contributed by atoms with Crippen LogP contribution in [0.1, 0.15) is 45.4 Å². The Bertz CT molecular complexity index is 485. The third kappa shape index (κ3) is 3.19. The van der Waals surface area contributed by atoms with Crippen LogP contribution in [-0.2, 0) is 0 Å². The molecule has 1 aliphatic heterocycles. The fraction of sp³-hybridized carbons (Fsp3) is 0.733. The first-order chi connectivity index (χ1) is 9.57. The second-order valence-electron chi connectivity index (χ2n) is 6.30. The first-order valence-electron chi connectivity index (χ1n) is 7.59. The second kappa shape index (κ2) is 5.43. The maximum absolute atomic E-state index is 4.83. The molecular weight excluding hydrogens is 268 g/mol.